The SMILES string of the molecule is CNC(=O)c1cc(C)c(-c2ccc(F)c3c2CC[C@H]3Nc2ccc([C@H]3C[C@@H]3C(=O)O)nc2)c(C)c1. The Morgan fingerprint density at radius 1 is 1.11 bits per heavy atom. The minimum absolute atomic E-state index is 0.0185. The molecule has 6 nitrogen and oxygen atoms in total. The second-order valence-electron chi connectivity index (χ2n) is 9.55. The average molecular weight is 474 g/mol. The summed E-state index contributed by atoms with van der Waals surface area (Å²) in [7, 11) is 1.61. The van der Waals surface area contributed by atoms with E-state index < -0.39 is 5.97 Å². The Balaban J connectivity index is 1.42. The van der Waals surface area contributed by atoms with E-state index >= 15 is 4.39 Å². The number of nitrogens with one attached hydrogen (secondary N) is 2. The highest BCUT2D eigenvalue weighted by molar-refractivity contribution is 5.95. The van der Waals surface area contributed by atoms with Crippen molar-refractivity contribution in [1.82, 2.24) is 10.3 Å². The third kappa shape index (κ3) is 4.16. The Morgan fingerprint density at radius 2 is 1.86 bits per heavy atom. The van der Waals surface area contributed by atoms with Crippen LogP contribution in [-0.2, 0) is 11.2 Å². The predicted octanol–water partition coefficient (Wildman–Crippen LogP) is 5.15. The van der Waals surface area contributed by atoms with Crippen molar-refractivity contribution >= 4 is 17.6 Å². The topological polar surface area (TPSA) is 91.3 Å². The molecular weight excluding hydrogens is 445 g/mol. The lowest BCUT2D eigenvalue weighted by Crippen LogP contribution is -2.18. The molecule has 180 valence electrons. The second-order valence-corrected chi connectivity index (χ2v) is 9.55. The Kier molecular flexibility index (Phi) is 5.79. The van der Waals surface area contributed by atoms with Crippen LogP contribution >= 0.6 is 0 Å². The molecule has 0 unspecified atom stereocenters. The molecule has 2 aliphatic rings. The number of anilines is 1. The van der Waals surface area contributed by atoms with Crippen LogP contribution in [0.3, 0.4) is 0 Å². The summed E-state index contributed by atoms with van der Waals surface area (Å²) in [6.07, 6.45) is 3.83. The number of fused-ring (bicyclic) bond motifs is 1. The van der Waals surface area contributed by atoms with Crippen molar-refractivity contribution in [3.63, 3.8) is 0 Å². The van der Waals surface area contributed by atoms with Gasteiger partial charge in [-0.25, -0.2) is 4.39 Å². The van der Waals surface area contributed by atoms with Crippen LogP contribution in [0.4, 0.5) is 10.1 Å². The number of aromatic nitrogens is 1. The lowest BCUT2D eigenvalue weighted by molar-refractivity contribution is -0.138. The zero-order chi connectivity index (χ0) is 24.9. The summed E-state index contributed by atoms with van der Waals surface area (Å²) in [4.78, 5) is 27.7. The predicted molar refractivity (Wildman–Crippen MR) is 132 cm³/mol. The van der Waals surface area contributed by atoms with E-state index in [1.54, 1.807) is 13.2 Å². The molecule has 0 spiro atoms. The Labute approximate surface area is 203 Å². The van der Waals surface area contributed by atoms with Gasteiger partial charge in [-0.1, -0.05) is 6.07 Å². The number of carboxylic acid groups (broad SMARTS) is 1. The van der Waals surface area contributed by atoms with Gasteiger partial charge >= 0.3 is 5.97 Å². The van der Waals surface area contributed by atoms with Crippen LogP contribution in [0.15, 0.2) is 42.6 Å². The number of benzene rings is 2. The van der Waals surface area contributed by atoms with Crippen molar-refractivity contribution in [1.29, 1.82) is 0 Å². The Morgan fingerprint density at radius 3 is 2.46 bits per heavy atom. The number of aryl methyl sites for hydroxylation is 2. The first-order valence-electron chi connectivity index (χ1n) is 11.9. The number of carbonyl (C=O) groups excluding carboxylic acids is 1. The van der Waals surface area contributed by atoms with Crippen LogP contribution in [0, 0.1) is 25.6 Å². The van der Waals surface area contributed by atoms with E-state index in [0.29, 0.717) is 17.5 Å². The maximum absolute atomic E-state index is 15.1. The van der Waals surface area contributed by atoms with E-state index in [1.807, 2.05) is 44.2 Å². The third-order valence-electron chi connectivity index (χ3n) is 7.24. The number of amides is 1. The zero-order valence-corrected chi connectivity index (χ0v) is 20.0. The minimum Gasteiger partial charge on any atom is -0.481 e. The molecule has 3 N–H and O–H groups in total. The summed E-state index contributed by atoms with van der Waals surface area (Å²) < 4.78 is 15.1. The number of hydrogen-bond donors (Lipinski definition) is 3. The highest BCUT2D eigenvalue weighted by Gasteiger charge is 2.45. The fourth-order valence-corrected chi connectivity index (χ4v) is 5.46. The molecule has 2 aromatic carbocycles. The lowest BCUT2D eigenvalue weighted by atomic mass is 9.89. The molecule has 1 aromatic heterocycles. The van der Waals surface area contributed by atoms with Crippen molar-refractivity contribution in [3.05, 3.63) is 81.9 Å². The molecule has 0 radical (unpaired) electrons. The van der Waals surface area contributed by atoms with Gasteiger partial charge in [0.05, 0.1) is 23.8 Å². The van der Waals surface area contributed by atoms with Crippen molar-refractivity contribution < 1.29 is 19.1 Å². The molecule has 2 aliphatic carbocycles. The highest BCUT2D eigenvalue weighted by Crippen LogP contribution is 2.47. The number of rotatable bonds is 6. The first kappa shape index (κ1) is 23.0. The molecule has 7 heteroatoms. The van der Waals surface area contributed by atoms with Gasteiger partial charge in [0.15, 0.2) is 0 Å². The van der Waals surface area contributed by atoms with E-state index in [9.17, 15) is 9.59 Å². The average Bonchev–Trinajstić information content (AvgIpc) is 3.54. The first-order chi connectivity index (χ1) is 16.8. The van der Waals surface area contributed by atoms with Gasteiger partial charge in [0.1, 0.15) is 5.82 Å². The number of halogens is 1. The Hall–Kier alpha value is -3.74. The standard InChI is InChI=1S/C28H28FN3O3/c1-14-10-16(27(33)30-3)11-15(2)25(14)18-5-7-22(29)26-19(18)6-9-24(26)32-17-4-8-23(31-13-17)20-12-21(20)28(34)35/h4-5,7-8,10-11,13,20-21,24,32H,6,9,12H2,1-3H3,(H,30,33)(H,34,35)/t20-,21-,24+/m0/s1. The molecule has 1 fully saturated rings. The van der Waals surface area contributed by atoms with Gasteiger partial charge < -0.3 is 15.7 Å². The summed E-state index contributed by atoms with van der Waals surface area (Å²) in [5.41, 5.74) is 7.86. The summed E-state index contributed by atoms with van der Waals surface area (Å²) in [6.45, 7) is 3.97. The van der Waals surface area contributed by atoms with Crippen LogP contribution in [0.2, 0.25) is 0 Å². The smallest absolute Gasteiger partial charge is 0.307 e. The summed E-state index contributed by atoms with van der Waals surface area (Å²) >= 11 is 0. The van der Waals surface area contributed by atoms with Crippen LogP contribution in [0.25, 0.3) is 11.1 Å². The van der Waals surface area contributed by atoms with Gasteiger partial charge in [0.2, 0.25) is 0 Å². The minimum atomic E-state index is -0.776. The van der Waals surface area contributed by atoms with E-state index in [0.717, 1.165) is 52.0 Å². The fraction of sp³-hybridized carbons (Fsp3) is 0.321. The quantitative estimate of drug-likeness (QED) is 0.461. The van der Waals surface area contributed by atoms with Gasteiger partial charge in [-0.2, -0.15) is 0 Å². The fourth-order valence-electron chi connectivity index (χ4n) is 5.46. The van der Waals surface area contributed by atoms with Crippen molar-refractivity contribution in [2.24, 2.45) is 5.92 Å². The summed E-state index contributed by atoms with van der Waals surface area (Å²) in [5, 5.41) is 15.2. The molecule has 0 aliphatic heterocycles. The molecule has 1 saturated carbocycles. The van der Waals surface area contributed by atoms with Crippen LogP contribution < -0.4 is 10.6 Å². The molecule has 1 heterocycles. The number of carboxylic acids is 1. The van der Waals surface area contributed by atoms with Crippen LogP contribution in [0.5, 0.6) is 0 Å². The molecule has 35 heavy (non-hydrogen) atoms. The molecule has 1 amide bonds. The molecule has 0 bridgehead atoms. The van der Waals surface area contributed by atoms with E-state index in [1.165, 1.54) is 6.07 Å². The molecule has 5 rings (SSSR count). The second kappa shape index (κ2) is 8.80. The van der Waals surface area contributed by atoms with E-state index in [-0.39, 0.29) is 29.6 Å². The maximum Gasteiger partial charge on any atom is 0.307 e. The molecular formula is C28H28FN3O3. The molecule has 3 atom stereocenters. The zero-order valence-electron chi connectivity index (χ0n) is 20.0. The van der Waals surface area contributed by atoms with Crippen LogP contribution in [0.1, 0.15) is 63.1 Å². The van der Waals surface area contributed by atoms with Gasteiger partial charge in [-0.15, -0.1) is 0 Å². The number of pyridine rings is 1. The maximum atomic E-state index is 15.1. The number of aliphatic carboxylic acids is 1. The monoisotopic (exact) mass is 473 g/mol. The van der Waals surface area contributed by atoms with Crippen LogP contribution in [-0.4, -0.2) is 29.0 Å². The van der Waals surface area contributed by atoms with E-state index in [4.69, 9.17) is 5.11 Å². The Bertz CT molecular complexity index is 1310. The molecule has 0 saturated heterocycles. The number of nitrogens with zero attached hydrogens (tertiary/aromatic N) is 1. The number of carbonyl (C=O) groups is 2. The van der Waals surface area contributed by atoms with Crippen molar-refractivity contribution in [2.45, 2.75) is 45.1 Å². The normalized spacial score (nSPS) is 20.3. The first-order valence-corrected chi connectivity index (χ1v) is 11.9. The van der Waals surface area contributed by atoms with Crippen molar-refractivity contribution in [2.75, 3.05) is 12.4 Å². The van der Waals surface area contributed by atoms with Gasteiger partial charge in [-0.05, 0) is 91.3 Å². The van der Waals surface area contributed by atoms with Gasteiger partial charge in [-0.3, -0.25) is 14.6 Å². The van der Waals surface area contributed by atoms with E-state index in [2.05, 4.69) is 15.6 Å². The number of hydrogen-bond acceptors (Lipinski definition) is 4. The summed E-state index contributed by atoms with van der Waals surface area (Å²) in [5.74, 6) is -1.50. The largest absolute Gasteiger partial charge is 0.481 e. The third-order valence-corrected chi connectivity index (χ3v) is 7.24. The summed E-state index contributed by atoms with van der Waals surface area (Å²) in [6, 6.07) is 10.7. The lowest BCUT2D eigenvalue weighted by Gasteiger charge is -2.19. The molecule has 3 aromatic rings. The van der Waals surface area contributed by atoms with Gasteiger partial charge in [0, 0.05) is 29.8 Å². The van der Waals surface area contributed by atoms with Crippen molar-refractivity contribution in [3.8, 4) is 11.1 Å². The highest BCUT2D eigenvalue weighted by atomic mass is 19.1. The van der Waals surface area contributed by atoms with Gasteiger partial charge in [0.25, 0.3) is 5.91 Å².